The maximum atomic E-state index is 13.5. The number of halogens is 3. The summed E-state index contributed by atoms with van der Waals surface area (Å²) in [5, 5.41) is 0.0516. The summed E-state index contributed by atoms with van der Waals surface area (Å²) in [6.07, 6.45) is 0. The largest absolute Gasteiger partial charge is 0.490 e. The molecule has 1 aromatic carbocycles. The Morgan fingerprint density at radius 1 is 1.24 bits per heavy atom. The number of hydrogen-bond acceptors (Lipinski definition) is 1. The van der Waals surface area contributed by atoms with E-state index in [1.807, 2.05) is 0 Å². The lowest BCUT2D eigenvalue weighted by Crippen LogP contribution is -2.27. The fourth-order valence-electron chi connectivity index (χ4n) is 1.05. The minimum atomic E-state index is -0.909. The van der Waals surface area contributed by atoms with Gasteiger partial charge >= 0.3 is 0 Å². The molecule has 0 N–H and O–H groups in total. The number of rotatable bonds is 4. The van der Waals surface area contributed by atoms with Gasteiger partial charge in [0.15, 0.2) is 11.6 Å². The Labute approximate surface area is 111 Å². The van der Waals surface area contributed by atoms with Gasteiger partial charge in [-0.25, -0.2) is 8.78 Å². The van der Waals surface area contributed by atoms with Crippen molar-refractivity contribution in [3.05, 3.63) is 28.2 Å². The Bertz CT molecular complexity index is 408. The van der Waals surface area contributed by atoms with Gasteiger partial charge in [-0.15, -0.1) is 0 Å². The Morgan fingerprint density at radius 2 is 1.82 bits per heavy atom. The van der Waals surface area contributed by atoms with Crippen molar-refractivity contribution in [2.75, 3.05) is 6.61 Å². The van der Waals surface area contributed by atoms with Crippen LogP contribution in [0.1, 0.15) is 13.8 Å². The van der Waals surface area contributed by atoms with Crippen molar-refractivity contribution in [2.45, 2.75) is 32.0 Å². The average molecular weight is 323 g/mol. The molecule has 0 spiro atoms. The van der Waals surface area contributed by atoms with Gasteiger partial charge in [0.05, 0.1) is 11.1 Å². The Morgan fingerprint density at radius 3 is 2.35 bits per heavy atom. The van der Waals surface area contributed by atoms with Crippen molar-refractivity contribution in [1.82, 2.24) is 0 Å². The monoisotopic (exact) mass is 322 g/mol. The third-order valence-electron chi connectivity index (χ3n) is 3.14. The van der Waals surface area contributed by atoms with Crippen molar-refractivity contribution in [2.24, 2.45) is 0 Å². The van der Waals surface area contributed by atoms with E-state index in [0.29, 0.717) is 6.61 Å². The van der Waals surface area contributed by atoms with Crippen LogP contribution in [0.15, 0.2) is 16.6 Å². The standard InChI is InChI=1S/C12H17BrF2OSi/c1-12(2,17(3)4)7-16-11-6-9(14)8(13)5-10(11)15/h5-6,17H,7H2,1-4H3. The summed E-state index contributed by atoms with van der Waals surface area (Å²) < 4.78 is 32.3. The Hall–Kier alpha value is -0.423. The summed E-state index contributed by atoms with van der Waals surface area (Å²) in [5.74, 6) is -1.08. The maximum absolute atomic E-state index is 13.5. The molecule has 0 heterocycles. The van der Waals surface area contributed by atoms with Crippen LogP contribution in [0.3, 0.4) is 0 Å². The van der Waals surface area contributed by atoms with Gasteiger partial charge in [-0.2, -0.15) is 0 Å². The van der Waals surface area contributed by atoms with Gasteiger partial charge in [0.25, 0.3) is 0 Å². The first-order chi connectivity index (χ1) is 7.74. The smallest absolute Gasteiger partial charge is 0.166 e. The van der Waals surface area contributed by atoms with Crippen LogP contribution in [0.2, 0.25) is 18.1 Å². The lowest BCUT2D eigenvalue weighted by molar-refractivity contribution is 0.263. The van der Waals surface area contributed by atoms with Gasteiger partial charge in [-0.05, 0) is 27.0 Å². The highest BCUT2D eigenvalue weighted by Gasteiger charge is 2.25. The first-order valence-electron chi connectivity index (χ1n) is 5.51. The lowest BCUT2D eigenvalue weighted by Gasteiger charge is -2.28. The maximum Gasteiger partial charge on any atom is 0.166 e. The van der Waals surface area contributed by atoms with Crippen LogP contribution >= 0.6 is 15.9 Å². The Balaban J connectivity index is 2.80. The van der Waals surface area contributed by atoms with Crippen LogP contribution in [-0.4, -0.2) is 15.4 Å². The third-order valence-corrected chi connectivity index (χ3v) is 7.04. The van der Waals surface area contributed by atoms with Gasteiger partial charge in [-0.3, -0.25) is 0 Å². The van der Waals surface area contributed by atoms with Gasteiger partial charge < -0.3 is 4.74 Å². The molecule has 0 saturated heterocycles. The van der Waals surface area contributed by atoms with Gasteiger partial charge in [-0.1, -0.05) is 26.9 Å². The molecule has 1 aromatic rings. The molecule has 0 aliphatic rings. The van der Waals surface area contributed by atoms with Crippen molar-refractivity contribution in [1.29, 1.82) is 0 Å². The molecule has 0 amide bonds. The molecule has 0 atom stereocenters. The molecule has 0 radical (unpaired) electrons. The molecule has 0 fully saturated rings. The van der Waals surface area contributed by atoms with Crippen LogP contribution in [0, 0.1) is 11.6 Å². The quantitative estimate of drug-likeness (QED) is 0.590. The van der Waals surface area contributed by atoms with E-state index in [1.165, 1.54) is 0 Å². The van der Waals surface area contributed by atoms with Gasteiger partial charge in [0, 0.05) is 14.9 Å². The zero-order chi connectivity index (χ0) is 13.2. The average Bonchev–Trinajstić information content (AvgIpc) is 2.21. The predicted molar refractivity (Wildman–Crippen MR) is 72.5 cm³/mol. The Kier molecular flexibility index (Phi) is 4.72. The predicted octanol–water partition coefficient (Wildman–Crippen LogP) is 4.37. The second-order valence-electron chi connectivity index (χ2n) is 5.13. The molecule has 0 aromatic heterocycles. The van der Waals surface area contributed by atoms with E-state index in [-0.39, 0.29) is 15.3 Å². The van der Waals surface area contributed by atoms with Crippen LogP contribution in [0.25, 0.3) is 0 Å². The second kappa shape index (κ2) is 5.48. The topological polar surface area (TPSA) is 9.23 Å². The number of hydrogen-bond donors (Lipinski definition) is 0. The summed E-state index contributed by atoms with van der Waals surface area (Å²) in [6.45, 7) is 9.02. The minimum Gasteiger partial charge on any atom is -0.490 e. The molecule has 0 saturated carbocycles. The first kappa shape index (κ1) is 14.6. The van der Waals surface area contributed by atoms with Crippen LogP contribution in [-0.2, 0) is 0 Å². The molecule has 0 aliphatic heterocycles. The van der Waals surface area contributed by atoms with E-state index in [0.717, 1.165) is 12.1 Å². The number of benzene rings is 1. The zero-order valence-corrected chi connectivity index (χ0v) is 13.2. The van der Waals surface area contributed by atoms with Crippen molar-refractivity contribution < 1.29 is 13.5 Å². The van der Waals surface area contributed by atoms with E-state index in [1.54, 1.807) is 0 Å². The summed E-state index contributed by atoms with van der Waals surface area (Å²) in [4.78, 5) is 0. The van der Waals surface area contributed by atoms with Gasteiger partial charge in [0.1, 0.15) is 5.82 Å². The summed E-state index contributed by atoms with van der Waals surface area (Å²) in [7, 11) is -0.909. The fourth-order valence-corrected chi connectivity index (χ4v) is 1.78. The highest BCUT2D eigenvalue weighted by atomic mass is 79.9. The van der Waals surface area contributed by atoms with Crippen LogP contribution < -0.4 is 4.74 Å². The summed E-state index contributed by atoms with van der Waals surface area (Å²) >= 11 is 2.93. The zero-order valence-electron chi connectivity index (χ0n) is 10.5. The minimum absolute atomic E-state index is 0.0200. The first-order valence-corrected chi connectivity index (χ1v) is 9.19. The molecule has 0 aliphatic carbocycles. The molecule has 17 heavy (non-hydrogen) atoms. The second-order valence-corrected chi connectivity index (χ2v) is 9.86. The molecule has 1 nitrogen and oxygen atoms in total. The highest BCUT2D eigenvalue weighted by Crippen LogP contribution is 2.31. The van der Waals surface area contributed by atoms with Crippen molar-refractivity contribution >= 4 is 24.7 Å². The normalized spacial score (nSPS) is 12.0. The molecular formula is C12H17BrF2OSi. The van der Waals surface area contributed by atoms with Crippen LogP contribution in [0.4, 0.5) is 8.78 Å². The molecule has 5 heteroatoms. The van der Waals surface area contributed by atoms with E-state index in [2.05, 4.69) is 42.9 Å². The van der Waals surface area contributed by atoms with E-state index in [4.69, 9.17) is 4.74 Å². The van der Waals surface area contributed by atoms with Gasteiger partial charge in [0.2, 0.25) is 0 Å². The van der Waals surface area contributed by atoms with Crippen molar-refractivity contribution in [3.8, 4) is 5.75 Å². The lowest BCUT2D eigenvalue weighted by atomic mass is 10.2. The van der Waals surface area contributed by atoms with E-state index in [9.17, 15) is 8.78 Å². The summed E-state index contributed by atoms with van der Waals surface area (Å²) in [6, 6.07) is 2.17. The molecular weight excluding hydrogens is 306 g/mol. The molecule has 1 rings (SSSR count). The van der Waals surface area contributed by atoms with E-state index < -0.39 is 20.4 Å². The fraction of sp³-hybridized carbons (Fsp3) is 0.500. The molecule has 96 valence electrons. The summed E-state index contributed by atoms with van der Waals surface area (Å²) in [5.41, 5.74) is 0. The van der Waals surface area contributed by atoms with E-state index >= 15 is 0 Å². The number of ether oxygens (including phenoxy) is 1. The molecule has 0 bridgehead atoms. The SMILES string of the molecule is C[SiH](C)C(C)(C)COc1cc(F)c(Br)cc1F. The van der Waals surface area contributed by atoms with Crippen LogP contribution in [0.5, 0.6) is 5.75 Å². The third kappa shape index (κ3) is 3.78. The molecule has 0 unspecified atom stereocenters. The highest BCUT2D eigenvalue weighted by molar-refractivity contribution is 9.10. The van der Waals surface area contributed by atoms with Crippen molar-refractivity contribution in [3.63, 3.8) is 0 Å².